The zero-order valence-electron chi connectivity index (χ0n) is 19.4. The van der Waals surface area contributed by atoms with Crippen LogP contribution in [0.15, 0.2) is 109 Å². The number of fused-ring (bicyclic) bond motifs is 1. The van der Waals surface area contributed by atoms with Gasteiger partial charge in [-0.1, -0.05) is 84.9 Å². The minimum Gasteiger partial charge on any atom is -0.440 e. The zero-order valence-corrected chi connectivity index (χ0v) is 19.4. The number of benzene rings is 4. The number of halogens is 1. The first-order valence-electron chi connectivity index (χ1n) is 12.0. The fraction of sp³-hybridized carbons (Fsp3) is 0.161. The van der Waals surface area contributed by atoms with Crippen molar-refractivity contribution in [2.24, 2.45) is 0 Å². The number of rotatable bonds is 5. The van der Waals surface area contributed by atoms with E-state index in [4.69, 9.17) is 9.47 Å². The number of hydrogen-bond donors (Lipinski definition) is 0. The van der Waals surface area contributed by atoms with Gasteiger partial charge in [-0.25, -0.2) is 4.39 Å². The van der Waals surface area contributed by atoms with E-state index in [0.29, 0.717) is 0 Å². The lowest BCUT2D eigenvalue weighted by Crippen LogP contribution is -2.36. The van der Waals surface area contributed by atoms with E-state index >= 15 is 0 Å². The molecule has 0 aliphatic carbocycles. The van der Waals surface area contributed by atoms with Crippen LogP contribution in [0, 0.1) is 5.82 Å². The second-order valence-corrected chi connectivity index (χ2v) is 9.06. The third kappa shape index (κ3) is 4.22. The molecule has 4 aromatic rings. The first-order chi connectivity index (χ1) is 17.2. The molecule has 0 saturated carbocycles. The van der Waals surface area contributed by atoms with Crippen molar-refractivity contribution < 1.29 is 13.9 Å². The first-order valence-corrected chi connectivity index (χ1v) is 12.0. The molecule has 0 saturated heterocycles. The van der Waals surface area contributed by atoms with E-state index in [1.807, 2.05) is 78.9 Å². The quantitative estimate of drug-likeness (QED) is 0.325. The highest BCUT2D eigenvalue weighted by Crippen LogP contribution is 2.48. The summed E-state index contributed by atoms with van der Waals surface area (Å²) in [6.45, 7) is 2.64. The molecule has 0 bridgehead atoms. The summed E-state index contributed by atoms with van der Waals surface area (Å²) in [7, 11) is 0. The lowest BCUT2D eigenvalue weighted by atomic mass is 9.97. The van der Waals surface area contributed by atoms with Gasteiger partial charge in [0.05, 0.1) is 0 Å². The van der Waals surface area contributed by atoms with E-state index in [-0.39, 0.29) is 5.82 Å². The third-order valence-corrected chi connectivity index (χ3v) is 6.74. The van der Waals surface area contributed by atoms with Gasteiger partial charge < -0.3 is 9.47 Å². The van der Waals surface area contributed by atoms with E-state index in [0.717, 1.165) is 54.2 Å². The highest BCUT2D eigenvalue weighted by molar-refractivity contribution is 5.66. The van der Waals surface area contributed by atoms with Gasteiger partial charge in [0.2, 0.25) is 0 Å². The molecule has 35 heavy (non-hydrogen) atoms. The molecule has 0 fully saturated rings. The summed E-state index contributed by atoms with van der Waals surface area (Å²) in [4.78, 5) is 2.41. The summed E-state index contributed by atoms with van der Waals surface area (Å²) in [5, 5.41) is 0. The van der Waals surface area contributed by atoms with Crippen molar-refractivity contribution >= 4 is 5.57 Å². The Labute approximate surface area is 205 Å². The molecule has 6 rings (SSSR count). The van der Waals surface area contributed by atoms with Gasteiger partial charge in [0, 0.05) is 30.8 Å². The average Bonchev–Trinajstić information content (AvgIpc) is 3.31. The van der Waals surface area contributed by atoms with Gasteiger partial charge in [0.15, 0.2) is 11.5 Å². The second kappa shape index (κ2) is 9.05. The van der Waals surface area contributed by atoms with Crippen LogP contribution in [0.25, 0.3) is 5.57 Å². The van der Waals surface area contributed by atoms with Crippen LogP contribution in [0.4, 0.5) is 4.39 Å². The van der Waals surface area contributed by atoms with Gasteiger partial charge >= 0.3 is 5.79 Å². The molecular formula is C31H26FNO2. The summed E-state index contributed by atoms with van der Waals surface area (Å²) < 4.78 is 26.4. The highest BCUT2D eigenvalue weighted by Gasteiger charge is 2.45. The topological polar surface area (TPSA) is 21.7 Å². The SMILES string of the molecule is Fc1ccc(C2=CCN(Cc3ccc4c(c3)OC(c3ccccc3)(c3ccccc3)O4)CC2)cc1. The number of nitrogens with zero attached hydrogens (tertiary/aromatic N) is 1. The van der Waals surface area contributed by atoms with Crippen LogP contribution >= 0.6 is 0 Å². The lowest BCUT2D eigenvalue weighted by Gasteiger charge is -2.28. The standard InChI is InChI=1S/C31H26FNO2/c32-28-14-12-24(13-15-28)25-17-19-33(20-18-25)22-23-11-16-29-30(21-23)35-31(34-29,26-7-3-1-4-8-26)27-9-5-2-6-10-27/h1-17,21H,18-20,22H2. The van der Waals surface area contributed by atoms with Gasteiger partial charge in [0.25, 0.3) is 0 Å². The monoisotopic (exact) mass is 463 g/mol. The van der Waals surface area contributed by atoms with Crippen molar-refractivity contribution in [3.63, 3.8) is 0 Å². The molecule has 0 radical (unpaired) electrons. The normalized spacial score (nSPS) is 16.7. The fourth-order valence-corrected chi connectivity index (χ4v) is 4.90. The predicted octanol–water partition coefficient (Wildman–Crippen LogP) is 6.79. The molecule has 0 atom stereocenters. The largest absolute Gasteiger partial charge is 0.440 e. The van der Waals surface area contributed by atoms with E-state index in [1.54, 1.807) is 0 Å². The summed E-state index contributed by atoms with van der Waals surface area (Å²) in [5.41, 5.74) is 5.48. The van der Waals surface area contributed by atoms with Crippen molar-refractivity contribution in [1.29, 1.82) is 0 Å². The molecule has 174 valence electrons. The van der Waals surface area contributed by atoms with Gasteiger partial charge in [-0.05, 0) is 47.4 Å². The van der Waals surface area contributed by atoms with Crippen molar-refractivity contribution in [2.75, 3.05) is 13.1 Å². The Hall–Kier alpha value is -3.89. The highest BCUT2D eigenvalue weighted by atomic mass is 19.1. The van der Waals surface area contributed by atoms with Gasteiger partial charge in [0.1, 0.15) is 5.82 Å². The van der Waals surface area contributed by atoms with Crippen molar-refractivity contribution in [2.45, 2.75) is 18.8 Å². The molecule has 3 nitrogen and oxygen atoms in total. The van der Waals surface area contributed by atoms with E-state index in [9.17, 15) is 4.39 Å². The maximum Gasteiger partial charge on any atom is 0.305 e. The zero-order chi connectivity index (χ0) is 23.7. The minimum absolute atomic E-state index is 0.196. The Bertz CT molecular complexity index is 1310. The van der Waals surface area contributed by atoms with Crippen molar-refractivity contribution in [3.8, 4) is 11.5 Å². The van der Waals surface area contributed by atoms with Crippen LogP contribution in [0.5, 0.6) is 11.5 Å². The fourth-order valence-electron chi connectivity index (χ4n) is 4.90. The molecule has 4 aromatic carbocycles. The molecule has 2 heterocycles. The van der Waals surface area contributed by atoms with E-state index in [1.165, 1.54) is 23.3 Å². The summed E-state index contributed by atoms with van der Waals surface area (Å²) >= 11 is 0. The Morgan fingerprint density at radius 1 is 0.743 bits per heavy atom. The molecule has 4 heteroatoms. The number of hydrogen-bond acceptors (Lipinski definition) is 3. The predicted molar refractivity (Wildman–Crippen MR) is 136 cm³/mol. The Kier molecular flexibility index (Phi) is 5.59. The molecule has 0 amide bonds. The maximum atomic E-state index is 13.2. The molecule has 0 aromatic heterocycles. The molecule has 2 aliphatic rings. The summed E-state index contributed by atoms with van der Waals surface area (Å²) in [6, 6.07) is 33.2. The smallest absolute Gasteiger partial charge is 0.305 e. The first kappa shape index (κ1) is 21.6. The van der Waals surface area contributed by atoms with Crippen molar-refractivity contribution in [3.05, 3.63) is 137 Å². The second-order valence-electron chi connectivity index (χ2n) is 9.06. The molecule has 2 aliphatic heterocycles. The Morgan fingerprint density at radius 2 is 1.40 bits per heavy atom. The summed E-state index contributed by atoms with van der Waals surface area (Å²) in [6.07, 6.45) is 3.20. The van der Waals surface area contributed by atoms with E-state index in [2.05, 4.69) is 23.1 Å². The summed E-state index contributed by atoms with van der Waals surface area (Å²) in [5.74, 6) is 0.313. The van der Waals surface area contributed by atoms with E-state index < -0.39 is 5.79 Å². The minimum atomic E-state index is -0.999. The van der Waals surface area contributed by atoms with Gasteiger partial charge in [-0.3, -0.25) is 4.90 Å². The Balaban J connectivity index is 1.21. The molecule has 0 N–H and O–H groups in total. The van der Waals surface area contributed by atoms with Crippen LogP contribution < -0.4 is 9.47 Å². The lowest BCUT2D eigenvalue weighted by molar-refractivity contribution is -0.0459. The van der Waals surface area contributed by atoms with Crippen molar-refractivity contribution in [1.82, 2.24) is 4.90 Å². The average molecular weight is 464 g/mol. The third-order valence-electron chi connectivity index (χ3n) is 6.74. The molecule has 0 unspecified atom stereocenters. The Morgan fingerprint density at radius 3 is 2.03 bits per heavy atom. The van der Waals surface area contributed by atoms with Crippen LogP contribution in [0.2, 0.25) is 0 Å². The van der Waals surface area contributed by atoms with Gasteiger partial charge in [-0.15, -0.1) is 0 Å². The van der Waals surface area contributed by atoms with Crippen LogP contribution in [-0.4, -0.2) is 18.0 Å². The number of ether oxygens (including phenoxy) is 2. The molecular weight excluding hydrogens is 437 g/mol. The van der Waals surface area contributed by atoms with Crippen LogP contribution in [0.1, 0.15) is 28.7 Å². The van der Waals surface area contributed by atoms with Crippen LogP contribution in [-0.2, 0) is 12.3 Å². The van der Waals surface area contributed by atoms with Crippen LogP contribution in [0.3, 0.4) is 0 Å². The molecule has 0 spiro atoms. The van der Waals surface area contributed by atoms with Gasteiger partial charge in [-0.2, -0.15) is 0 Å². The maximum absolute atomic E-state index is 13.2.